The van der Waals surface area contributed by atoms with E-state index in [1.54, 1.807) is 13.2 Å². The van der Waals surface area contributed by atoms with Crippen LogP contribution in [0.25, 0.3) is 0 Å². The fourth-order valence-corrected chi connectivity index (χ4v) is 4.89. The maximum atomic E-state index is 13.4. The molecule has 1 aromatic carbocycles. The molecule has 0 bridgehead atoms. The van der Waals surface area contributed by atoms with Gasteiger partial charge in [-0.2, -0.15) is 0 Å². The van der Waals surface area contributed by atoms with Crippen LogP contribution in [-0.2, 0) is 0 Å². The Bertz CT molecular complexity index is 564. The van der Waals surface area contributed by atoms with Crippen molar-refractivity contribution < 1.29 is 9.13 Å². The second-order valence-corrected chi connectivity index (χ2v) is 7.70. The Balaban J connectivity index is 1.38. The van der Waals surface area contributed by atoms with Gasteiger partial charge < -0.3 is 15.0 Å². The summed E-state index contributed by atoms with van der Waals surface area (Å²) in [6.45, 7) is 4.79. The van der Waals surface area contributed by atoms with Crippen molar-refractivity contribution in [3.05, 3.63) is 29.6 Å². The molecule has 1 spiro atoms. The van der Waals surface area contributed by atoms with Crippen LogP contribution < -0.4 is 10.1 Å². The van der Waals surface area contributed by atoms with Crippen molar-refractivity contribution >= 4 is 0 Å². The average molecular weight is 318 g/mol. The zero-order valence-corrected chi connectivity index (χ0v) is 14.0. The predicted octanol–water partition coefficient (Wildman–Crippen LogP) is 3.16. The molecule has 3 nitrogen and oxygen atoms in total. The molecule has 4 rings (SSSR count). The molecule has 0 aromatic heterocycles. The Labute approximate surface area is 138 Å². The van der Waals surface area contributed by atoms with Crippen molar-refractivity contribution in [2.75, 3.05) is 33.3 Å². The largest absolute Gasteiger partial charge is 0.496 e. The van der Waals surface area contributed by atoms with Gasteiger partial charge in [-0.05, 0) is 68.2 Å². The van der Waals surface area contributed by atoms with Crippen molar-refractivity contribution in [2.45, 2.75) is 44.1 Å². The van der Waals surface area contributed by atoms with Crippen molar-refractivity contribution in [3.8, 4) is 5.75 Å². The van der Waals surface area contributed by atoms with Crippen LogP contribution in [0.2, 0.25) is 0 Å². The van der Waals surface area contributed by atoms with Gasteiger partial charge in [-0.15, -0.1) is 0 Å². The number of halogens is 1. The van der Waals surface area contributed by atoms with E-state index in [1.807, 2.05) is 6.07 Å². The topological polar surface area (TPSA) is 24.5 Å². The first-order valence-electron chi connectivity index (χ1n) is 8.97. The number of hydrogen-bond acceptors (Lipinski definition) is 3. The Morgan fingerprint density at radius 2 is 2.00 bits per heavy atom. The summed E-state index contributed by atoms with van der Waals surface area (Å²) in [5.41, 5.74) is 1.81. The molecule has 23 heavy (non-hydrogen) atoms. The summed E-state index contributed by atoms with van der Waals surface area (Å²) in [5, 5.41) is 3.45. The number of hydrogen-bond donors (Lipinski definition) is 1. The number of benzene rings is 1. The monoisotopic (exact) mass is 318 g/mol. The Hall–Kier alpha value is -1.13. The van der Waals surface area contributed by atoms with Crippen LogP contribution in [0.15, 0.2) is 18.2 Å². The lowest BCUT2D eigenvalue weighted by Gasteiger charge is -2.41. The molecule has 0 amide bonds. The highest BCUT2D eigenvalue weighted by molar-refractivity contribution is 5.37. The number of ether oxygens (including phenoxy) is 1. The summed E-state index contributed by atoms with van der Waals surface area (Å²) in [4.78, 5) is 2.71. The molecule has 3 fully saturated rings. The van der Waals surface area contributed by atoms with Crippen LogP contribution in [0.1, 0.15) is 43.6 Å². The van der Waals surface area contributed by atoms with Gasteiger partial charge in [0.15, 0.2) is 0 Å². The van der Waals surface area contributed by atoms with E-state index in [2.05, 4.69) is 10.2 Å². The van der Waals surface area contributed by atoms with Gasteiger partial charge in [-0.3, -0.25) is 0 Å². The van der Waals surface area contributed by atoms with Gasteiger partial charge in [-0.1, -0.05) is 6.07 Å². The summed E-state index contributed by atoms with van der Waals surface area (Å²) < 4.78 is 18.8. The molecule has 0 radical (unpaired) electrons. The molecule has 126 valence electrons. The Kier molecular flexibility index (Phi) is 4.06. The first-order valence-corrected chi connectivity index (χ1v) is 8.97. The quantitative estimate of drug-likeness (QED) is 0.926. The van der Waals surface area contributed by atoms with Gasteiger partial charge in [0, 0.05) is 25.2 Å². The third-order valence-electron chi connectivity index (χ3n) is 6.36. The Morgan fingerprint density at radius 3 is 2.61 bits per heavy atom. The van der Waals surface area contributed by atoms with E-state index in [0.717, 1.165) is 18.9 Å². The van der Waals surface area contributed by atoms with Crippen molar-refractivity contribution in [1.29, 1.82) is 0 Å². The van der Waals surface area contributed by atoms with Gasteiger partial charge in [-0.25, -0.2) is 4.39 Å². The molecular formula is C19H27FN2O. The lowest BCUT2D eigenvalue weighted by Crippen LogP contribution is -2.52. The van der Waals surface area contributed by atoms with E-state index in [9.17, 15) is 4.39 Å². The smallest absolute Gasteiger partial charge is 0.126 e. The van der Waals surface area contributed by atoms with Crippen LogP contribution in [0.3, 0.4) is 0 Å². The van der Waals surface area contributed by atoms with Crippen LogP contribution in [0.4, 0.5) is 4.39 Å². The molecule has 4 heteroatoms. The van der Waals surface area contributed by atoms with Gasteiger partial charge >= 0.3 is 0 Å². The highest BCUT2D eigenvalue weighted by Gasteiger charge is 2.45. The third kappa shape index (κ3) is 2.87. The first-order chi connectivity index (χ1) is 11.2. The summed E-state index contributed by atoms with van der Waals surface area (Å²) in [7, 11) is 1.64. The van der Waals surface area contributed by atoms with E-state index in [0.29, 0.717) is 17.1 Å². The zero-order chi connectivity index (χ0) is 15.9. The van der Waals surface area contributed by atoms with E-state index in [4.69, 9.17) is 4.74 Å². The van der Waals surface area contributed by atoms with E-state index < -0.39 is 0 Å². The fourth-order valence-electron chi connectivity index (χ4n) is 4.89. The highest BCUT2D eigenvalue weighted by Crippen LogP contribution is 2.44. The van der Waals surface area contributed by atoms with Gasteiger partial charge in [0.25, 0.3) is 0 Å². The standard InChI is InChI=1S/C19H27FN2O/c1-23-18-10-15(20)2-3-17(18)14-5-8-22(9-6-14)16-4-7-19(11-16)12-21-13-19/h2-3,10,14,16,21H,4-9,11-13H2,1H3/t16-/m1/s1. The molecule has 3 aliphatic rings. The van der Waals surface area contributed by atoms with Gasteiger partial charge in [0.1, 0.15) is 11.6 Å². The molecule has 1 N–H and O–H groups in total. The molecule has 1 atom stereocenters. The van der Waals surface area contributed by atoms with E-state index in [-0.39, 0.29) is 5.82 Å². The van der Waals surface area contributed by atoms with Crippen molar-refractivity contribution in [1.82, 2.24) is 10.2 Å². The van der Waals surface area contributed by atoms with Crippen LogP contribution in [-0.4, -0.2) is 44.2 Å². The maximum Gasteiger partial charge on any atom is 0.126 e. The fraction of sp³-hybridized carbons (Fsp3) is 0.684. The molecule has 1 aromatic rings. The summed E-state index contributed by atoms with van der Waals surface area (Å²) in [6.07, 6.45) is 6.46. The van der Waals surface area contributed by atoms with Crippen molar-refractivity contribution in [2.24, 2.45) is 5.41 Å². The van der Waals surface area contributed by atoms with Crippen LogP contribution in [0, 0.1) is 11.2 Å². The van der Waals surface area contributed by atoms with E-state index >= 15 is 0 Å². The molecule has 1 aliphatic carbocycles. The normalized spacial score (nSPS) is 28.0. The SMILES string of the molecule is COc1cc(F)ccc1C1CCN([C@@H]2CCC3(CNC3)C2)CC1. The van der Waals surface area contributed by atoms with Gasteiger partial charge in [0.05, 0.1) is 7.11 Å². The molecule has 0 unspecified atom stereocenters. The molecule has 1 saturated carbocycles. The third-order valence-corrected chi connectivity index (χ3v) is 6.36. The van der Waals surface area contributed by atoms with Gasteiger partial charge in [0.2, 0.25) is 0 Å². The molecule has 2 heterocycles. The van der Waals surface area contributed by atoms with Crippen LogP contribution >= 0.6 is 0 Å². The number of piperidine rings is 1. The maximum absolute atomic E-state index is 13.4. The number of nitrogens with zero attached hydrogens (tertiary/aromatic N) is 1. The molecule has 2 aliphatic heterocycles. The first kappa shape index (κ1) is 15.4. The highest BCUT2D eigenvalue weighted by atomic mass is 19.1. The lowest BCUT2D eigenvalue weighted by molar-refractivity contribution is 0.120. The Morgan fingerprint density at radius 1 is 1.22 bits per heavy atom. The number of nitrogens with one attached hydrogen (secondary N) is 1. The van der Waals surface area contributed by atoms with Crippen molar-refractivity contribution in [3.63, 3.8) is 0 Å². The number of methoxy groups -OCH3 is 1. The second kappa shape index (κ2) is 6.06. The second-order valence-electron chi connectivity index (χ2n) is 7.70. The minimum atomic E-state index is -0.214. The van der Waals surface area contributed by atoms with E-state index in [1.165, 1.54) is 57.1 Å². The average Bonchev–Trinajstić information content (AvgIpc) is 3.01. The minimum Gasteiger partial charge on any atom is -0.496 e. The predicted molar refractivity (Wildman–Crippen MR) is 89.4 cm³/mol. The van der Waals surface area contributed by atoms with Crippen LogP contribution in [0.5, 0.6) is 5.75 Å². The number of rotatable bonds is 3. The zero-order valence-electron chi connectivity index (χ0n) is 14.0. The molecule has 2 saturated heterocycles. The summed E-state index contributed by atoms with van der Waals surface area (Å²) in [5.74, 6) is 1.000. The lowest BCUT2D eigenvalue weighted by atomic mass is 9.80. The summed E-state index contributed by atoms with van der Waals surface area (Å²) in [6, 6.07) is 5.79. The number of likely N-dealkylation sites (tertiary alicyclic amines) is 1. The minimum absolute atomic E-state index is 0.214. The summed E-state index contributed by atoms with van der Waals surface area (Å²) >= 11 is 0. The molecular weight excluding hydrogens is 291 g/mol.